The van der Waals surface area contributed by atoms with E-state index >= 15 is 0 Å². The van der Waals surface area contributed by atoms with Gasteiger partial charge >= 0.3 is 0 Å². The van der Waals surface area contributed by atoms with Gasteiger partial charge in [-0.25, -0.2) is 0 Å². The molecule has 0 bridgehead atoms. The number of aromatic nitrogens is 3. The SMILES string of the molecule is COCCn1cnnc1C1CNc2ccccc21. The second kappa shape index (κ2) is 4.78. The molecule has 0 saturated heterocycles. The molecule has 3 rings (SSSR count). The average molecular weight is 244 g/mol. The molecule has 2 heterocycles. The van der Waals surface area contributed by atoms with Crippen LogP contribution in [0, 0.1) is 0 Å². The van der Waals surface area contributed by atoms with Crippen molar-refractivity contribution in [3.63, 3.8) is 0 Å². The molecule has 1 aliphatic heterocycles. The van der Waals surface area contributed by atoms with Crippen LogP contribution in [0.1, 0.15) is 17.3 Å². The highest BCUT2D eigenvalue weighted by atomic mass is 16.5. The maximum atomic E-state index is 5.11. The number of nitrogens with zero attached hydrogens (tertiary/aromatic N) is 3. The number of para-hydroxylation sites is 1. The van der Waals surface area contributed by atoms with Crippen molar-refractivity contribution in [3.05, 3.63) is 42.0 Å². The number of methoxy groups -OCH3 is 1. The standard InChI is InChI=1S/C13H16N4O/c1-18-7-6-17-9-15-16-13(17)11-8-14-12-5-3-2-4-10(11)12/h2-5,9,11,14H,6-8H2,1H3. The molecule has 0 saturated carbocycles. The quantitative estimate of drug-likeness (QED) is 0.885. The fourth-order valence-corrected chi connectivity index (χ4v) is 2.41. The smallest absolute Gasteiger partial charge is 0.142 e. The number of hydrogen-bond acceptors (Lipinski definition) is 4. The molecule has 0 radical (unpaired) electrons. The molecule has 1 unspecified atom stereocenters. The van der Waals surface area contributed by atoms with Crippen LogP contribution in [0.15, 0.2) is 30.6 Å². The van der Waals surface area contributed by atoms with Crippen LogP contribution in [-0.2, 0) is 11.3 Å². The lowest BCUT2D eigenvalue weighted by molar-refractivity contribution is 0.186. The molecule has 5 nitrogen and oxygen atoms in total. The Hall–Kier alpha value is -1.88. The van der Waals surface area contributed by atoms with Crippen LogP contribution >= 0.6 is 0 Å². The first-order valence-electron chi connectivity index (χ1n) is 6.09. The first kappa shape index (κ1) is 11.2. The summed E-state index contributed by atoms with van der Waals surface area (Å²) in [4.78, 5) is 0. The molecule has 1 atom stereocenters. The van der Waals surface area contributed by atoms with E-state index in [-0.39, 0.29) is 5.92 Å². The highest BCUT2D eigenvalue weighted by Gasteiger charge is 2.27. The minimum absolute atomic E-state index is 0.278. The lowest BCUT2D eigenvalue weighted by Crippen LogP contribution is -2.14. The van der Waals surface area contributed by atoms with Crippen molar-refractivity contribution in [3.8, 4) is 0 Å². The summed E-state index contributed by atoms with van der Waals surface area (Å²) in [6, 6.07) is 8.36. The average Bonchev–Trinajstić information content (AvgIpc) is 3.02. The van der Waals surface area contributed by atoms with Gasteiger partial charge in [0.15, 0.2) is 0 Å². The third-order valence-electron chi connectivity index (χ3n) is 3.33. The van der Waals surface area contributed by atoms with Crippen LogP contribution in [0.2, 0.25) is 0 Å². The van der Waals surface area contributed by atoms with Gasteiger partial charge < -0.3 is 14.6 Å². The van der Waals surface area contributed by atoms with Crippen LogP contribution in [0.25, 0.3) is 0 Å². The van der Waals surface area contributed by atoms with Crippen molar-refractivity contribution >= 4 is 5.69 Å². The van der Waals surface area contributed by atoms with Crippen molar-refractivity contribution in [2.45, 2.75) is 12.5 Å². The molecule has 0 amide bonds. The number of nitrogens with one attached hydrogen (secondary N) is 1. The molecule has 0 aliphatic carbocycles. The largest absolute Gasteiger partial charge is 0.384 e. The van der Waals surface area contributed by atoms with Gasteiger partial charge in [-0.15, -0.1) is 10.2 Å². The first-order valence-corrected chi connectivity index (χ1v) is 6.09. The Kier molecular flexibility index (Phi) is 2.98. The van der Waals surface area contributed by atoms with E-state index in [1.807, 2.05) is 6.07 Å². The van der Waals surface area contributed by atoms with Crippen LogP contribution in [0.4, 0.5) is 5.69 Å². The zero-order chi connectivity index (χ0) is 12.4. The molecular formula is C13H16N4O. The summed E-state index contributed by atoms with van der Waals surface area (Å²) in [5.41, 5.74) is 2.49. The summed E-state index contributed by atoms with van der Waals surface area (Å²) in [5.74, 6) is 1.28. The van der Waals surface area contributed by atoms with Crippen molar-refractivity contribution in [2.75, 3.05) is 25.6 Å². The summed E-state index contributed by atoms with van der Waals surface area (Å²) in [5, 5.41) is 11.7. The van der Waals surface area contributed by atoms with Gasteiger partial charge in [0.25, 0.3) is 0 Å². The summed E-state index contributed by atoms with van der Waals surface area (Å²) in [7, 11) is 1.70. The van der Waals surface area contributed by atoms with Crippen LogP contribution in [0.5, 0.6) is 0 Å². The van der Waals surface area contributed by atoms with Gasteiger partial charge in [-0.1, -0.05) is 18.2 Å². The number of anilines is 1. The predicted molar refractivity (Wildman–Crippen MR) is 68.7 cm³/mol. The molecule has 18 heavy (non-hydrogen) atoms. The van der Waals surface area contributed by atoms with Crippen molar-refractivity contribution in [1.82, 2.24) is 14.8 Å². The fraction of sp³-hybridized carbons (Fsp3) is 0.385. The molecule has 2 aromatic rings. The maximum absolute atomic E-state index is 5.11. The second-order valence-corrected chi connectivity index (χ2v) is 4.40. The number of hydrogen-bond donors (Lipinski definition) is 1. The lowest BCUT2D eigenvalue weighted by atomic mass is 10.0. The summed E-state index contributed by atoms with van der Waals surface area (Å²) in [6.07, 6.45) is 1.77. The number of benzene rings is 1. The number of ether oxygens (including phenoxy) is 1. The Morgan fingerprint density at radius 2 is 2.33 bits per heavy atom. The van der Waals surface area contributed by atoms with Crippen molar-refractivity contribution < 1.29 is 4.74 Å². The van der Waals surface area contributed by atoms with Gasteiger partial charge in [-0.05, 0) is 11.6 Å². The summed E-state index contributed by atoms with van der Waals surface area (Å²) >= 11 is 0. The molecule has 1 aromatic heterocycles. The van der Waals surface area contributed by atoms with E-state index in [1.54, 1.807) is 13.4 Å². The Balaban J connectivity index is 1.90. The minimum Gasteiger partial charge on any atom is -0.384 e. The zero-order valence-electron chi connectivity index (χ0n) is 10.3. The third kappa shape index (κ3) is 1.86. The maximum Gasteiger partial charge on any atom is 0.142 e. The molecule has 0 spiro atoms. The van der Waals surface area contributed by atoms with Crippen LogP contribution < -0.4 is 5.32 Å². The normalized spacial score (nSPS) is 17.5. The Morgan fingerprint density at radius 1 is 1.44 bits per heavy atom. The second-order valence-electron chi connectivity index (χ2n) is 4.40. The lowest BCUT2D eigenvalue weighted by Gasteiger charge is -2.11. The summed E-state index contributed by atoms with van der Waals surface area (Å²) < 4.78 is 7.18. The van der Waals surface area contributed by atoms with E-state index in [1.165, 1.54) is 11.3 Å². The van der Waals surface area contributed by atoms with E-state index in [9.17, 15) is 0 Å². The highest BCUT2D eigenvalue weighted by Crippen LogP contribution is 2.34. The fourth-order valence-electron chi connectivity index (χ4n) is 2.41. The molecule has 0 fully saturated rings. The van der Waals surface area contributed by atoms with Gasteiger partial charge in [0.05, 0.1) is 12.5 Å². The molecule has 94 valence electrons. The number of rotatable bonds is 4. The predicted octanol–water partition coefficient (Wildman–Crippen LogP) is 1.48. The summed E-state index contributed by atoms with van der Waals surface area (Å²) in [6.45, 7) is 2.34. The van der Waals surface area contributed by atoms with E-state index in [4.69, 9.17) is 4.74 Å². The van der Waals surface area contributed by atoms with Crippen molar-refractivity contribution in [1.29, 1.82) is 0 Å². The van der Waals surface area contributed by atoms with Crippen molar-refractivity contribution in [2.24, 2.45) is 0 Å². The van der Waals surface area contributed by atoms with E-state index < -0.39 is 0 Å². The molecule has 5 heteroatoms. The van der Waals surface area contributed by atoms with Gasteiger partial charge in [-0.2, -0.15) is 0 Å². The molecule has 1 N–H and O–H groups in total. The third-order valence-corrected chi connectivity index (χ3v) is 3.33. The Labute approximate surface area is 106 Å². The van der Waals surface area contributed by atoms with Gasteiger partial charge in [0.2, 0.25) is 0 Å². The van der Waals surface area contributed by atoms with Gasteiger partial charge in [0, 0.05) is 25.9 Å². The molecule has 1 aromatic carbocycles. The molecule has 1 aliphatic rings. The number of fused-ring (bicyclic) bond motifs is 1. The first-order chi connectivity index (χ1) is 8.90. The zero-order valence-corrected chi connectivity index (χ0v) is 10.3. The van der Waals surface area contributed by atoms with Crippen LogP contribution in [-0.4, -0.2) is 35.0 Å². The van der Waals surface area contributed by atoms with E-state index in [0.717, 1.165) is 18.9 Å². The Bertz CT molecular complexity index is 537. The monoisotopic (exact) mass is 244 g/mol. The highest BCUT2D eigenvalue weighted by molar-refractivity contribution is 5.59. The molecular weight excluding hydrogens is 228 g/mol. The van der Waals surface area contributed by atoms with E-state index in [0.29, 0.717) is 6.61 Å². The van der Waals surface area contributed by atoms with Crippen LogP contribution in [0.3, 0.4) is 0 Å². The minimum atomic E-state index is 0.278. The Morgan fingerprint density at radius 3 is 3.22 bits per heavy atom. The van der Waals surface area contributed by atoms with Gasteiger partial charge in [0.1, 0.15) is 12.2 Å². The van der Waals surface area contributed by atoms with Gasteiger partial charge in [-0.3, -0.25) is 0 Å². The van der Waals surface area contributed by atoms with E-state index in [2.05, 4.69) is 38.3 Å². The topological polar surface area (TPSA) is 52.0 Å².